The molecule has 0 spiro atoms. The van der Waals surface area contributed by atoms with Crippen LogP contribution in [0.25, 0.3) is 0 Å². The van der Waals surface area contributed by atoms with E-state index < -0.39 is 0 Å². The topological polar surface area (TPSA) is 45.2 Å². The van der Waals surface area contributed by atoms with Crippen LogP contribution in [-0.4, -0.2) is 74.1 Å². The van der Waals surface area contributed by atoms with Crippen molar-refractivity contribution in [1.82, 2.24) is 14.7 Å². The molecule has 0 unspecified atom stereocenters. The van der Waals surface area contributed by atoms with Crippen molar-refractivity contribution in [3.05, 3.63) is 59.4 Å². The van der Waals surface area contributed by atoms with Crippen molar-refractivity contribution in [3.63, 3.8) is 0 Å². The van der Waals surface area contributed by atoms with Crippen LogP contribution in [0.3, 0.4) is 0 Å². The predicted molar refractivity (Wildman–Crippen MR) is 119 cm³/mol. The number of benzene rings is 2. The molecule has 7 heteroatoms. The van der Waals surface area contributed by atoms with Crippen molar-refractivity contribution < 1.29 is 18.7 Å². The third-order valence-electron chi connectivity index (χ3n) is 5.54. The number of methoxy groups -OCH3 is 1. The van der Waals surface area contributed by atoms with Crippen LogP contribution in [0.15, 0.2) is 42.5 Å². The van der Waals surface area contributed by atoms with E-state index in [-0.39, 0.29) is 11.7 Å². The summed E-state index contributed by atoms with van der Waals surface area (Å²) in [6.45, 7) is 7.49. The fraction of sp³-hybridized carbons (Fsp3) is 0.458. The molecule has 1 aliphatic rings. The highest BCUT2D eigenvalue weighted by atomic mass is 19.1. The molecule has 1 aliphatic heterocycles. The number of carbonyl (C=O) groups excluding carboxylic acids is 1. The summed E-state index contributed by atoms with van der Waals surface area (Å²) in [5, 5.41) is 0. The molecule has 2 aromatic carbocycles. The van der Waals surface area contributed by atoms with Gasteiger partial charge in [0.05, 0.1) is 20.3 Å². The summed E-state index contributed by atoms with van der Waals surface area (Å²) in [6, 6.07) is 12.5. The van der Waals surface area contributed by atoms with Gasteiger partial charge in [0.15, 0.2) is 0 Å². The van der Waals surface area contributed by atoms with E-state index in [2.05, 4.69) is 9.80 Å². The molecule has 1 fully saturated rings. The molecule has 168 valence electrons. The van der Waals surface area contributed by atoms with Crippen LogP contribution < -0.4 is 9.47 Å². The Labute approximate surface area is 184 Å². The Balaban J connectivity index is 1.44. The van der Waals surface area contributed by atoms with E-state index in [4.69, 9.17) is 9.47 Å². The Morgan fingerprint density at radius 3 is 2.39 bits per heavy atom. The normalized spacial score (nSPS) is 15.0. The largest absolute Gasteiger partial charge is 0.496 e. The minimum Gasteiger partial charge on any atom is -0.496 e. The highest BCUT2D eigenvalue weighted by Crippen LogP contribution is 2.21. The fourth-order valence-corrected chi connectivity index (χ4v) is 3.75. The highest BCUT2D eigenvalue weighted by Gasteiger charge is 2.21. The number of carbonyl (C=O) groups is 1. The Morgan fingerprint density at radius 1 is 1.06 bits per heavy atom. The van der Waals surface area contributed by atoms with Crippen molar-refractivity contribution >= 4 is 5.91 Å². The van der Waals surface area contributed by atoms with E-state index >= 15 is 0 Å². The summed E-state index contributed by atoms with van der Waals surface area (Å²) in [5.41, 5.74) is 1.93. The first-order valence-electron chi connectivity index (χ1n) is 10.7. The van der Waals surface area contributed by atoms with Crippen LogP contribution in [0, 0.1) is 5.82 Å². The maximum absolute atomic E-state index is 13.6. The van der Waals surface area contributed by atoms with Crippen LogP contribution >= 0.6 is 0 Å². The molecule has 1 heterocycles. The van der Waals surface area contributed by atoms with Gasteiger partial charge in [-0.25, -0.2) is 4.39 Å². The van der Waals surface area contributed by atoms with Crippen molar-refractivity contribution in [2.24, 2.45) is 0 Å². The summed E-state index contributed by atoms with van der Waals surface area (Å²) in [5.74, 6) is 1.40. The van der Waals surface area contributed by atoms with E-state index in [0.29, 0.717) is 32.0 Å². The molecule has 0 atom stereocenters. The van der Waals surface area contributed by atoms with E-state index in [1.807, 2.05) is 38.2 Å². The molecule has 1 saturated heterocycles. The monoisotopic (exact) mass is 429 g/mol. The minimum atomic E-state index is -0.254. The standard InChI is InChI=1S/C24H32FN3O3/c1-4-31-22-8-5-19(6-9-22)16-26(2)24(29)18-28-13-11-27(12-14-28)17-20-15-21(25)7-10-23(20)30-3/h5-10,15H,4,11-14,16-18H2,1-3H3. The van der Waals surface area contributed by atoms with Crippen LogP contribution in [-0.2, 0) is 17.9 Å². The summed E-state index contributed by atoms with van der Waals surface area (Å²) >= 11 is 0. The molecule has 31 heavy (non-hydrogen) atoms. The van der Waals surface area contributed by atoms with Gasteiger partial charge in [-0.1, -0.05) is 12.1 Å². The molecule has 0 saturated carbocycles. The average molecular weight is 430 g/mol. The lowest BCUT2D eigenvalue weighted by molar-refractivity contribution is -0.132. The molecule has 0 bridgehead atoms. The third kappa shape index (κ3) is 6.67. The van der Waals surface area contributed by atoms with E-state index in [0.717, 1.165) is 43.1 Å². The van der Waals surface area contributed by atoms with Crippen LogP contribution in [0.2, 0.25) is 0 Å². The maximum Gasteiger partial charge on any atom is 0.236 e. The second-order valence-corrected chi connectivity index (χ2v) is 7.84. The van der Waals surface area contributed by atoms with Crippen LogP contribution in [0.4, 0.5) is 4.39 Å². The van der Waals surface area contributed by atoms with Gasteiger partial charge < -0.3 is 14.4 Å². The van der Waals surface area contributed by atoms with Gasteiger partial charge >= 0.3 is 0 Å². The van der Waals surface area contributed by atoms with Gasteiger partial charge in [-0.2, -0.15) is 0 Å². The van der Waals surface area contributed by atoms with E-state index in [1.54, 1.807) is 18.1 Å². The van der Waals surface area contributed by atoms with Gasteiger partial charge in [0.25, 0.3) is 0 Å². The number of halogens is 1. The number of ether oxygens (including phenoxy) is 2. The first-order chi connectivity index (χ1) is 15.0. The summed E-state index contributed by atoms with van der Waals surface area (Å²) in [6.07, 6.45) is 0. The quantitative estimate of drug-likeness (QED) is 0.613. The molecule has 0 aliphatic carbocycles. The summed E-state index contributed by atoms with van der Waals surface area (Å²) in [7, 11) is 3.44. The fourth-order valence-electron chi connectivity index (χ4n) is 3.75. The number of hydrogen-bond acceptors (Lipinski definition) is 5. The van der Waals surface area contributed by atoms with E-state index in [9.17, 15) is 9.18 Å². The summed E-state index contributed by atoms with van der Waals surface area (Å²) in [4.78, 5) is 18.9. The van der Waals surface area contributed by atoms with Gasteiger partial charge in [-0.05, 0) is 42.8 Å². The Hall–Kier alpha value is -2.64. The first kappa shape index (κ1) is 23.0. The second kappa shape index (κ2) is 11.1. The highest BCUT2D eigenvalue weighted by molar-refractivity contribution is 5.78. The lowest BCUT2D eigenvalue weighted by Crippen LogP contribution is -2.49. The number of nitrogens with zero attached hydrogens (tertiary/aromatic N) is 3. The minimum absolute atomic E-state index is 0.106. The molecular formula is C24H32FN3O3. The number of rotatable bonds is 9. The molecule has 2 aromatic rings. The Bertz CT molecular complexity index is 852. The maximum atomic E-state index is 13.6. The zero-order valence-corrected chi connectivity index (χ0v) is 18.6. The van der Waals surface area contributed by atoms with Crippen molar-refractivity contribution in [2.75, 3.05) is 53.5 Å². The lowest BCUT2D eigenvalue weighted by Gasteiger charge is -2.35. The predicted octanol–water partition coefficient (Wildman–Crippen LogP) is 3.01. The number of likely N-dealkylation sites (N-methyl/N-ethyl adjacent to an activating group) is 1. The second-order valence-electron chi connectivity index (χ2n) is 7.84. The van der Waals surface area contributed by atoms with Crippen LogP contribution in [0.1, 0.15) is 18.1 Å². The van der Waals surface area contributed by atoms with E-state index in [1.165, 1.54) is 12.1 Å². The van der Waals surface area contributed by atoms with Crippen molar-refractivity contribution in [2.45, 2.75) is 20.0 Å². The van der Waals surface area contributed by atoms with Gasteiger partial charge in [-0.15, -0.1) is 0 Å². The molecule has 0 radical (unpaired) electrons. The number of piperazine rings is 1. The SMILES string of the molecule is CCOc1ccc(CN(C)C(=O)CN2CCN(Cc3cc(F)ccc3OC)CC2)cc1. The smallest absolute Gasteiger partial charge is 0.236 e. The summed E-state index contributed by atoms with van der Waals surface area (Å²) < 4.78 is 24.4. The molecule has 0 aromatic heterocycles. The van der Waals surface area contributed by atoms with Gasteiger partial charge in [0.1, 0.15) is 17.3 Å². The Kier molecular flexibility index (Phi) is 8.26. The van der Waals surface area contributed by atoms with Gasteiger partial charge in [0.2, 0.25) is 5.91 Å². The van der Waals surface area contributed by atoms with Gasteiger partial charge in [0, 0.05) is 51.9 Å². The molecule has 0 N–H and O–H groups in total. The molecule has 1 amide bonds. The number of amides is 1. The average Bonchev–Trinajstić information content (AvgIpc) is 2.77. The molecular weight excluding hydrogens is 397 g/mol. The third-order valence-corrected chi connectivity index (χ3v) is 5.54. The van der Waals surface area contributed by atoms with Crippen molar-refractivity contribution in [1.29, 1.82) is 0 Å². The molecule has 3 rings (SSSR count). The zero-order chi connectivity index (χ0) is 22.2. The lowest BCUT2D eigenvalue weighted by atomic mass is 10.1. The first-order valence-corrected chi connectivity index (χ1v) is 10.7. The van der Waals surface area contributed by atoms with Gasteiger partial charge in [-0.3, -0.25) is 14.6 Å². The molecule has 6 nitrogen and oxygen atoms in total. The van der Waals surface area contributed by atoms with Crippen molar-refractivity contribution in [3.8, 4) is 11.5 Å². The van der Waals surface area contributed by atoms with Crippen LogP contribution in [0.5, 0.6) is 11.5 Å². The Morgan fingerprint density at radius 2 is 1.74 bits per heavy atom. The zero-order valence-electron chi connectivity index (χ0n) is 18.6. The number of hydrogen-bond donors (Lipinski definition) is 0.